The zero-order valence-corrected chi connectivity index (χ0v) is 9.58. The quantitative estimate of drug-likeness (QED) is 0.464. The Morgan fingerprint density at radius 2 is 1.47 bits per heavy atom. The van der Waals surface area contributed by atoms with Crippen molar-refractivity contribution in [2.75, 3.05) is 11.5 Å². The number of benzene rings is 1. The van der Waals surface area contributed by atoms with Crippen molar-refractivity contribution < 1.29 is 0 Å². The molecule has 0 heterocycles. The van der Waals surface area contributed by atoms with E-state index in [2.05, 4.69) is 0 Å². The van der Waals surface area contributed by atoms with E-state index >= 15 is 0 Å². The van der Waals surface area contributed by atoms with Crippen molar-refractivity contribution in [2.45, 2.75) is 16.7 Å². The van der Waals surface area contributed by atoms with Crippen LogP contribution < -0.4 is 11.5 Å². The van der Waals surface area contributed by atoms with Gasteiger partial charge in [-0.15, -0.1) is 0 Å². The van der Waals surface area contributed by atoms with Crippen LogP contribution >= 0.6 is 23.5 Å². The molecule has 15 heavy (non-hydrogen) atoms. The molecule has 0 saturated carbocycles. The van der Waals surface area contributed by atoms with E-state index in [1.54, 1.807) is 13.0 Å². The first kappa shape index (κ1) is 11.6. The summed E-state index contributed by atoms with van der Waals surface area (Å²) in [5.74, 6) is 0. The second kappa shape index (κ2) is 4.83. The average Bonchev–Trinajstić information content (AvgIpc) is 2.19. The number of nitrogens with zero attached hydrogens (tertiary/aromatic N) is 2. The van der Waals surface area contributed by atoms with E-state index in [0.717, 1.165) is 29.1 Å². The van der Waals surface area contributed by atoms with Crippen molar-refractivity contribution in [2.24, 2.45) is 0 Å². The average molecular weight is 236 g/mol. The number of nitrogen functional groups attached to an aromatic ring is 2. The Kier molecular flexibility index (Phi) is 3.73. The first-order valence-corrected chi connectivity index (χ1v) is 5.55. The van der Waals surface area contributed by atoms with Crippen LogP contribution in [0.3, 0.4) is 0 Å². The summed E-state index contributed by atoms with van der Waals surface area (Å²) in [6.07, 6.45) is 0. The maximum atomic E-state index is 8.61. The largest absolute Gasteiger partial charge is 0.398 e. The lowest BCUT2D eigenvalue weighted by atomic mass is 10.2. The minimum atomic E-state index is 0.471. The first-order valence-electron chi connectivity index (χ1n) is 3.92. The maximum absolute atomic E-state index is 8.61. The molecule has 0 aliphatic rings. The molecule has 1 rings (SSSR count). The Morgan fingerprint density at radius 1 is 1.07 bits per heavy atom. The van der Waals surface area contributed by atoms with Crippen molar-refractivity contribution in [1.29, 1.82) is 10.5 Å². The minimum absolute atomic E-state index is 0.471. The van der Waals surface area contributed by atoms with Crippen LogP contribution in [0.25, 0.3) is 0 Å². The number of nitrogens with two attached hydrogens (primary N) is 2. The number of rotatable bonds is 2. The topological polar surface area (TPSA) is 99.6 Å². The van der Waals surface area contributed by atoms with Crippen molar-refractivity contribution in [1.82, 2.24) is 0 Å². The first-order chi connectivity index (χ1) is 7.11. The molecule has 6 heteroatoms. The fraction of sp³-hybridized carbons (Fsp3) is 0.111. The van der Waals surface area contributed by atoms with Gasteiger partial charge in [0.15, 0.2) is 0 Å². The molecule has 1 aromatic carbocycles. The fourth-order valence-electron chi connectivity index (χ4n) is 1.20. The molecule has 0 aliphatic carbocycles. The summed E-state index contributed by atoms with van der Waals surface area (Å²) in [4.78, 5) is 1.34. The molecule has 1 aromatic rings. The summed E-state index contributed by atoms with van der Waals surface area (Å²) in [7, 11) is 0. The third-order valence-corrected chi connectivity index (χ3v) is 3.49. The van der Waals surface area contributed by atoms with E-state index in [0.29, 0.717) is 21.2 Å². The van der Waals surface area contributed by atoms with E-state index in [1.807, 2.05) is 10.8 Å². The van der Waals surface area contributed by atoms with E-state index in [9.17, 15) is 0 Å². The van der Waals surface area contributed by atoms with Crippen molar-refractivity contribution in [3.05, 3.63) is 11.6 Å². The molecule has 0 spiro atoms. The third-order valence-electron chi connectivity index (χ3n) is 1.81. The van der Waals surface area contributed by atoms with Gasteiger partial charge in [0.1, 0.15) is 10.8 Å². The Labute approximate surface area is 96.2 Å². The van der Waals surface area contributed by atoms with Crippen LogP contribution in [-0.2, 0) is 0 Å². The Hall–Kier alpha value is -1.50. The second-order valence-electron chi connectivity index (χ2n) is 2.72. The summed E-state index contributed by atoms with van der Waals surface area (Å²) >= 11 is 1.96. The molecule has 76 valence electrons. The monoisotopic (exact) mass is 236 g/mol. The van der Waals surface area contributed by atoms with Crippen LogP contribution in [0.4, 0.5) is 11.4 Å². The zero-order chi connectivity index (χ0) is 11.4. The van der Waals surface area contributed by atoms with Gasteiger partial charge in [0.2, 0.25) is 0 Å². The minimum Gasteiger partial charge on any atom is -0.398 e. The summed E-state index contributed by atoms with van der Waals surface area (Å²) in [6.45, 7) is 1.80. The lowest BCUT2D eigenvalue weighted by molar-refractivity contribution is 1.21. The molecule has 0 fully saturated rings. The smallest absolute Gasteiger partial charge is 0.138 e. The molecule has 0 saturated heterocycles. The molecule has 0 unspecified atom stereocenters. The fourth-order valence-corrected chi connectivity index (χ4v) is 2.31. The van der Waals surface area contributed by atoms with Gasteiger partial charge in [0, 0.05) is 21.2 Å². The number of nitriles is 2. The zero-order valence-electron chi connectivity index (χ0n) is 7.94. The number of thioether (sulfide) groups is 2. The van der Waals surface area contributed by atoms with Gasteiger partial charge in [-0.05, 0) is 42.1 Å². The summed E-state index contributed by atoms with van der Waals surface area (Å²) in [6, 6.07) is 1.58. The van der Waals surface area contributed by atoms with E-state index in [4.69, 9.17) is 22.0 Å². The van der Waals surface area contributed by atoms with Gasteiger partial charge < -0.3 is 11.5 Å². The molecule has 4 nitrogen and oxygen atoms in total. The van der Waals surface area contributed by atoms with Gasteiger partial charge in [0.05, 0.1) is 0 Å². The maximum Gasteiger partial charge on any atom is 0.138 e. The Balaban J connectivity index is 3.37. The van der Waals surface area contributed by atoms with Crippen molar-refractivity contribution in [3.63, 3.8) is 0 Å². The summed E-state index contributed by atoms with van der Waals surface area (Å²) in [5, 5.41) is 21.1. The summed E-state index contributed by atoms with van der Waals surface area (Å²) in [5.41, 5.74) is 13.2. The SMILES string of the molecule is Cc1c(SC#N)c(N)cc(N)c1SC#N. The van der Waals surface area contributed by atoms with E-state index in [-0.39, 0.29) is 0 Å². The molecule has 0 radical (unpaired) electrons. The normalized spacial score (nSPS) is 9.27. The third kappa shape index (κ3) is 2.30. The number of thiocyanates is 2. The highest BCUT2D eigenvalue weighted by Crippen LogP contribution is 2.38. The van der Waals surface area contributed by atoms with Crippen molar-refractivity contribution >= 4 is 34.9 Å². The number of hydrogen-bond donors (Lipinski definition) is 2. The Morgan fingerprint density at radius 3 is 1.80 bits per heavy atom. The standard InChI is InChI=1S/C9H8N4S2/c1-5-8(14-3-10)6(12)2-7(13)9(5)15-4-11/h2H,12-13H2,1H3. The lowest BCUT2D eigenvalue weighted by Gasteiger charge is -2.11. The predicted octanol–water partition coefficient (Wildman–Crippen LogP) is 2.31. The van der Waals surface area contributed by atoms with Crippen LogP contribution in [-0.4, -0.2) is 0 Å². The van der Waals surface area contributed by atoms with Gasteiger partial charge in [-0.1, -0.05) is 0 Å². The molecule has 0 bridgehead atoms. The lowest BCUT2D eigenvalue weighted by Crippen LogP contribution is -1.98. The highest BCUT2D eigenvalue weighted by molar-refractivity contribution is 8.04. The molecule has 0 aliphatic heterocycles. The molecule has 0 aromatic heterocycles. The number of anilines is 2. The van der Waals surface area contributed by atoms with Gasteiger partial charge in [-0.3, -0.25) is 0 Å². The highest BCUT2D eigenvalue weighted by Gasteiger charge is 2.13. The van der Waals surface area contributed by atoms with Crippen LogP contribution in [0.15, 0.2) is 15.9 Å². The molecular formula is C9H8N4S2. The van der Waals surface area contributed by atoms with E-state index < -0.39 is 0 Å². The predicted molar refractivity (Wildman–Crippen MR) is 62.9 cm³/mol. The van der Waals surface area contributed by atoms with E-state index in [1.165, 1.54) is 0 Å². The van der Waals surface area contributed by atoms with Gasteiger partial charge in [0.25, 0.3) is 0 Å². The molecular weight excluding hydrogens is 228 g/mol. The highest BCUT2D eigenvalue weighted by atomic mass is 32.2. The molecule has 0 atom stereocenters. The van der Waals surface area contributed by atoms with Crippen molar-refractivity contribution in [3.8, 4) is 10.8 Å². The van der Waals surface area contributed by atoms with Gasteiger partial charge in [-0.2, -0.15) is 10.5 Å². The van der Waals surface area contributed by atoms with Crippen LogP contribution in [0.5, 0.6) is 0 Å². The van der Waals surface area contributed by atoms with Crippen LogP contribution in [0, 0.1) is 28.3 Å². The molecule has 0 amide bonds. The van der Waals surface area contributed by atoms with Crippen LogP contribution in [0.2, 0.25) is 0 Å². The summed E-state index contributed by atoms with van der Waals surface area (Å²) < 4.78 is 0. The second-order valence-corrected chi connectivity index (χ2v) is 4.31. The molecule has 4 N–H and O–H groups in total. The van der Waals surface area contributed by atoms with Gasteiger partial charge in [-0.25, -0.2) is 0 Å². The number of hydrogen-bond acceptors (Lipinski definition) is 6. The van der Waals surface area contributed by atoms with Gasteiger partial charge >= 0.3 is 0 Å². The Bertz CT molecular complexity index is 430. The van der Waals surface area contributed by atoms with Crippen LogP contribution in [0.1, 0.15) is 5.56 Å².